The largest absolute Gasteiger partial charge is 0.507 e. The van der Waals surface area contributed by atoms with Gasteiger partial charge in [-0.05, 0) is 109 Å². The molecule has 346 valence electrons. The Kier molecular flexibility index (Phi) is 11.1. The predicted octanol–water partition coefficient (Wildman–Crippen LogP) is 16.5. The molecule has 8 aromatic rings. The standard InChI is InChI=1S/C63H69N3OSi/c1-60(2,3)45-28-29-53(48(37-45)42-24-17-13-18-25-42)66-54-27-21-26-47(57(54)65-59(66)50-38-46(61(4,5)6)39-51(58(50)67)62(7,8)9)44-34-49(52-35-43(30-31-64-52)41-22-15-12-16-23-41)56-55(36-44)68(40-63(56,10)11)32-19-14-20-33-68/h12-13,15-18,21-31,34-39,67H,14,19-20,32-33,40H2,1-11H3. The third-order valence-electron chi connectivity index (χ3n) is 15.3. The number of para-hydroxylation sites is 1. The lowest BCUT2D eigenvalue weighted by atomic mass is 9.79. The van der Waals surface area contributed by atoms with Crippen LogP contribution >= 0.6 is 0 Å². The van der Waals surface area contributed by atoms with Gasteiger partial charge in [-0.25, -0.2) is 4.98 Å². The van der Waals surface area contributed by atoms with Gasteiger partial charge in [-0.1, -0.05) is 204 Å². The van der Waals surface area contributed by atoms with Crippen LogP contribution in [-0.2, 0) is 21.7 Å². The Morgan fingerprint density at radius 3 is 1.88 bits per heavy atom. The van der Waals surface area contributed by atoms with Crippen LogP contribution in [0.4, 0.5) is 0 Å². The van der Waals surface area contributed by atoms with Gasteiger partial charge in [0.25, 0.3) is 0 Å². The smallest absolute Gasteiger partial charge is 0.149 e. The van der Waals surface area contributed by atoms with Gasteiger partial charge in [0.05, 0.1) is 36.1 Å². The van der Waals surface area contributed by atoms with Crippen molar-refractivity contribution in [2.45, 2.75) is 135 Å². The maximum atomic E-state index is 12.7. The van der Waals surface area contributed by atoms with Crippen LogP contribution in [0.5, 0.6) is 5.75 Å². The van der Waals surface area contributed by atoms with E-state index < -0.39 is 8.07 Å². The molecular formula is C63H69N3OSi. The van der Waals surface area contributed by atoms with Crippen molar-refractivity contribution in [3.05, 3.63) is 162 Å². The summed E-state index contributed by atoms with van der Waals surface area (Å²) in [5, 5.41) is 14.3. The summed E-state index contributed by atoms with van der Waals surface area (Å²) in [5.74, 6) is 1.02. The normalized spacial score (nSPS) is 15.8. The zero-order chi connectivity index (χ0) is 48.0. The van der Waals surface area contributed by atoms with Crippen molar-refractivity contribution in [3.8, 4) is 67.5 Å². The van der Waals surface area contributed by atoms with E-state index in [-0.39, 0.29) is 27.4 Å². The van der Waals surface area contributed by atoms with E-state index >= 15 is 0 Å². The third kappa shape index (κ3) is 8.04. The molecule has 1 N–H and O–H groups in total. The summed E-state index contributed by atoms with van der Waals surface area (Å²) in [4.78, 5) is 11.0. The zero-order valence-electron chi connectivity index (χ0n) is 42.3. The Balaban J connectivity index is 1.31. The molecule has 0 aliphatic carbocycles. The highest BCUT2D eigenvalue weighted by molar-refractivity contribution is 6.93. The molecule has 1 spiro atoms. The van der Waals surface area contributed by atoms with Gasteiger partial charge >= 0.3 is 0 Å². The Bertz CT molecular complexity index is 3210. The second-order valence-electron chi connectivity index (χ2n) is 23.9. The lowest BCUT2D eigenvalue weighted by Crippen LogP contribution is -2.46. The second kappa shape index (κ2) is 16.6. The van der Waals surface area contributed by atoms with E-state index in [0.29, 0.717) is 0 Å². The number of fused-ring (bicyclic) bond motifs is 3. The van der Waals surface area contributed by atoms with Crippen LogP contribution in [0.3, 0.4) is 0 Å². The highest BCUT2D eigenvalue weighted by Gasteiger charge is 2.51. The van der Waals surface area contributed by atoms with Gasteiger partial charge in [-0.2, -0.15) is 0 Å². The quantitative estimate of drug-likeness (QED) is 0.169. The summed E-state index contributed by atoms with van der Waals surface area (Å²) in [6.07, 6.45) is 5.97. The third-order valence-corrected chi connectivity index (χ3v) is 21.0. The second-order valence-corrected chi connectivity index (χ2v) is 28.3. The number of pyridine rings is 1. The molecule has 0 unspecified atom stereocenters. The maximum absolute atomic E-state index is 12.7. The minimum absolute atomic E-state index is 0.0331. The molecule has 2 aromatic heterocycles. The first-order chi connectivity index (χ1) is 32.2. The van der Waals surface area contributed by atoms with Gasteiger partial charge in [-0.15, -0.1) is 0 Å². The molecule has 2 aliphatic heterocycles. The van der Waals surface area contributed by atoms with Crippen molar-refractivity contribution in [3.63, 3.8) is 0 Å². The highest BCUT2D eigenvalue weighted by Crippen LogP contribution is 2.51. The molecule has 68 heavy (non-hydrogen) atoms. The molecule has 0 saturated carbocycles. The van der Waals surface area contributed by atoms with Gasteiger partial charge in [0, 0.05) is 28.5 Å². The summed E-state index contributed by atoms with van der Waals surface area (Å²) >= 11 is 0. The molecule has 0 amide bonds. The number of hydrogen-bond acceptors (Lipinski definition) is 3. The molecule has 1 fully saturated rings. The van der Waals surface area contributed by atoms with Crippen LogP contribution in [0.25, 0.3) is 72.7 Å². The fraction of sp³-hybridized carbons (Fsp3) is 0.333. The zero-order valence-corrected chi connectivity index (χ0v) is 43.3. The van der Waals surface area contributed by atoms with Crippen LogP contribution in [-0.4, -0.2) is 27.7 Å². The minimum atomic E-state index is -1.87. The average molecular weight is 912 g/mol. The average Bonchev–Trinajstić information content (AvgIpc) is 3.80. The Hall–Kier alpha value is -6.04. The van der Waals surface area contributed by atoms with Crippen molar-refractivity contribution in [2.75, 3.05) is 0 Å². The first-order valence-corrected chi connectivity index (χ1v) is 27.7. The highest BCUT2D eigenvalue weighted by atomic mass is 28.3. The number of phenols is 1. The Labute approximate surface area is 406 Å². The van der Waals surface area contributed by atoms with Gasteiger partial charge in [0.15, 0.2) is 0 Å². The molecule has 2 aliphatic rings. The van der Waals surface area contributed by atoms with Gasteiger partial charge in [0.2, 0.25) is 0 Å². The van der Waals surface area contributed by atoms with E-state index in [0.717, 1.165) is 56.1 Å². The van der Waals surface area contributed by atoms with Crippen molar-refractivity contribution in [1.29, 1.82) is 0 Å². The fourth-order valence-corrected chi connectivity index (χ4v) is 18.4. The summed E-state index contributed by atoms with van der Waals surface area (Å²) in [6, 6.07) is 53.1. The monoisotopic (exact) mass is 912 g/mol. The molecule has 5 heteroatoms. The Morgan fingerprint density at radius 2 is 1.22 bits per heavy atom. The van der Waals surface area contributed by atoms with E-state index in [9.17, 15) is 5.11 Å². The summed E-state index contributed by atoms with van der Waals surface area (Å²) in [5.41, 5.74) is 17.3. The van der Waals surface area contributed by atoms with E-state index in [4.69, 9.17) is 9.97 Å². The predicted molar refractivity (Wildman–Crippen MR) is 290 cm³/mol. The number of aromatic hydroxyl groups is 1. The molecule has 10 rings (SSSR count). The van der Waals surface area contributed by atoms with E-state index in [2.05, 4.69) is 214 Å². The summed E-state index contributed by atoms with van der Waals surface area (Å²) in [6.45, 7) is 25.2. The topological polar surface area (TPSA) is 50.9 Å². The van der Waals surface area contributed by atoms with Crippen LogP contribution in [0, 0.1) is 0 Å². The van der Waals surface area contributed by atoms with E-state index in [1.165, 1.54) is 76.3 Å². The van der Waals surface area contributed by atoms with Crippen LogP contribution < -0.4 is 5.19 Å². The van der Waals surface area contributed by atoms with Crippen LogP contribution in [0.2, 0.25) is 18.1 Å². The Morgan fingerprint density at radius 1 is 0.559 bits per heavy atom. The number of phenolic OH excluding ortho intramolecular Hbond substituents is 1. The van der Waals surface area contributed by atoms with Crippen molar-refractivity contribution in [2.24, 2.45) is 0 Å². The minimum Gasteiger partial charge on any atom is -0.507 e. The van der Waals surface area contributed by atoms with Crippen molar-refractivity contribution in [1.82, 2.24) is 14.5 Å². The number of aromatic nitrogens is 3. The molecular weight excluding hydrogens is 843 g/mol. The number of benzene rings is 6. The number of nitrogens with zero attached hydrogens (tertiary/aromatic N) is 3. The maximum Gasteiger partial charge on any atom is 0.149 e. The number of imidazole rings is 1. The fourth-order valence-electron chi connectivity index (χ4n) is 11.9. The summed E-state index contributed by atoms with van der Waals surface area (Å²) < 4.78 is 2.35. The SMILES string of the molecule is CC(C)(C)c1ccc(-n2c(-c3cc(C(C)(C)C)cc(C(C)(C)C)c3O)nc3c(-c4cc(-c5cc(-c6ccccc6)ccn5)c5c(c4)[Si]4(CCCCC4)CC5(C)C)cccc32)c(-c2ccccc2)c1. The van der Waals surface area contributed by atoms with E-state index in [1.54, 1.807) is 5.19 Å². The first kappa shape index (κ1) is 45.7. The summed E-state index contributed by atoms with van der Waals surface area (Å²) in [7, 11) is -1.87. The van der Waals surface area contributed by atoms with Gasteiger partial charge < -0.3 is 5.11 Å². The molecule has 4 nitrogen and oxygen atoms in total. The van der Waals surface area contributed by atoms with Gasteiger partial charge in [0.1, 0.15) is 11.6 Å². The van der Waals surface area contributed by atoms with Crippen LogP contribution in [0.1, 0.15) is 118 Å². The molecule has 0 atom stereocenters. The first-order valence-electron chi connectivity index (χ1n) is 25.0. The lowest BCUT2D eigenvalue weighted by Gasteiger charge is -2.33. The molecule has 0 bridgehead atoms. The van der Waals surface area contributed by atoms with Crippen molar-refractivity contribution >= 4 is 24.3 Å². The van der Waals surface area contributed by atoms with Gasteiger partial charge in [-0.3, -0.25) is 9.55 Å². The lowest BCUT2D eigenvalue weighted by molar-refractivity contribution is 0.446. The number of rotatable bonds is 6. The molecule has 6 aromatic carbocycles. The molecule has 1 saturated heterocycles. The van der Waals surface area contributed by atoms with E-state index in [1.807, 2.05) is 6.20 Å². The van der Waals surface area contributed by atoms with Crippen LogP contribution in [0.15, 0.2) is 140 Å². The van der Waals surface area contributed by atoms with Crippen molar-refractivity contribution < 1.29 is 5.11 Å². The molecule has 0 radical (unpaired) electrons. The number of hydrogen-bond donors (Lipinski definition) is 1. The molecule has 4 heterocycles.